The van der Waals surface area contributed by atoms with Crippen molar-refractivity contribution < 1.29 is 9.18 Å². The number of hydrogen-bond acceptors (Lipinski definition) is 1. The van der Waals surface area contributed by atoms with E-state index in [-0.39, 0.29) is 11.5 Å². The molecule has 0 aliphatic carbocycles. The zero-order valence-corrected chi connectivity index (χ0v) is 11.6. The van der Waals surface area contributed by atoms with E-state index >= 15 is 0 Å². The van der Waals surface area contributed by atoms with Crippen molar-refractivity contribution in [1.29, 1.82) is 0 Å². The average Bonchev–Trinajstić information content (AvgIpc) is 2.17. The molecule has 0 bridgehead atoms. The van der Waals surface area contributed by atoms with Crippen LogP contribution in [-0.2, 0) is 0 Å². The van der Waals surface area contributed by atoms with Crippen molar-refractivity contribution in [3.8, 4) is 0 Å². The van der Waals surface area contributed by atoms with Crippen LogP contribution < -0.4 is 5.32 Å². The average molecular weight is 386 g/mol. The molecule has 1 aromatic carbocycles. The largest absolute Gasteiger partial charge is 0.352 e. The molecule has 0 atom stereocenters. The van der Waals surface area contributed by atoms with Crippen molar-refractivity contribution in [2.24, 2.45) is 0 Å². The molecule has 0 aromatic heterocycles. The van der Waals surface area contributed by atoms with Crippen LogP contribution in [0, 0.1) is 5.82 Å². The fourth-order valence-corrected chi connectivity index (χ4v) is 1.75. The lowest BCUT2D eigenvalue weighted by atomic mass is 10.2. The Morgan fingerprint density at radius 2 is 2.27 bits per heavy atom. The highest BCUT2D eigenvalue weighted by Gasteiger charge is 2.10. The van der Waals surface area contributed by atoms with E-state index in [0.29, 0.717) is 11.0 Å². The first kappa shape index (κ1) is 12.9. The van der Waals surface area contributed by atoms with Gasteiger partial charge in [-0.15, -0.1) is 0 Å². The Kier molecular flexibility index (Phi) is 5.52. The highest BCUT2D eigenvalue weighted by atomic mass is 127. The van der Waals surface area contributed by atoms with Crippen LogP contribution in [0.15, 0.2) is 22.7 Å². The lowest BCUT2D eigenvalue weighted by Gasteiger charge is -2.05. The molecule has 1 rings (SSSR count). The second-order valence-corrected chi connectivity index (χ2v) is 4.92. The minimum Gasteiger partial charge on any atom is -0.352 e. The van der Waals surface area contributed by atoms with Crippen LogP contribution >= 0.6 is 38.5 Å². The van der Waals surface area contributed by atoms with E-state index in [1.54, 1.807) is 6.07 Å². The van der Waals surface area contributed by atoms with Crippen LogP contribution in [0.3, 0.4) is 0 Å². The number of benzene rings is 1. The first-order valence-corrected chi connectivity index (χ1v) is 6.76. The van der Waals surface area contributed by atoms with Crippen molar-refractivity contribution in [2.75, 3.05) is 11.0 Å². The third kappa shape index (κ3) is 4.06. The molecule has 0 saturated heterocycles. The molecule has 5 heteroatoms. The number of carbonyl (C=O) groups excluding carboxylic acids is 1. The molecule has 0 saturated carbocycles. The molecular weight excluding hydrogens is 376 g/mol. The van der Waals surface area contributed by atoms with E-state index in [2.05, 4.69) is 43.8 Å². The van der Waals surface area contributed by atoms with Gasteiger partial charge in [0.2, 0.25) is 0 Å². The van der Waals surface area contributed by atoms with Gasteiger partial charge in [0.25, 0.3) is 5.91 Å². The number of amides is 1. The van der Waals surface area contributed by atoms with Gasteiger partial charge in [-0.3, -0.25) is 4.79 Å². The molecule has 15 heavy (non-hydrogen) atoms. The molecular formula is C10H10BrFINO. The second-order valence-electron chi connectivity index (χ2n) is 2.92. The van der Waals surface area contributed by atoms with Crippen LogP contribution in [0.5, 0.6) is 0 Å². The van der Waals surface area contributed by atoms with E-state index in [1.807, 2.05) is 0 Å². The van der Waals surface area contributed by atoms with Gasteiger partial charge < -0.3 is 5.32 Å². The zero-order chi connectivity index (χ0) is 11.3. The summed E-state index contributed by atoms with van der Waals surface area (Å²) in [4.78, 5) is 11.5. The summed E-state index contributed by atoms with van der Waals surface area (Å²) < 4.78 is 14.9. The second kappa shape index (κ2) is 6.42. The number of alkyl halides is 1. The van der Waals surface area contributed by atoms with Crippen molar-refractivity contribution in [3.05, 3.63) is 34.1 Å². The third-order valence-electron chi connectivity index (χ3n) is 1.77. The number of rotatable bonds is 4. The third-order valence-corrected chi connectivity index (χ3v) is 3.03. The highest BCUT2D eigenvalue weighted by molar-refractivity contribution is 14.1. The van der Waals surface area contributed by atoms with Crippen LogP contribution in [0.1, 0.15) is 16.8 Å². The van der Waals surface area contributed by atoms with E-state index in [9.17, 15) is 9.18 Å². The lowest BCUT2D eigenvalue weighted by Crippen LogP contribution is -2.25. The number of carbonyl (C=O) groups is 1. The Bertz CT molecular complexity index is 359. The summed E-state index contributed by atoms with van der Waals surface area (Å²) in [5.74, 6) is -0.860. The van der Waals surface area contributed by atoms with Crippen molar-refractivity contribution in [3.63, 3.8) is 0 Å². The van der Waals surface area contributed by atoms with Gasteiger partial charge in [-0.25, -0.2) is 4.39 Å². The quantitative estimate of drug-likeness (QED) is 0.481. The molecule has 0 aliphatic heterocycles. The van der Waals surface area contributed by atoms with Crippen molar-refractivity contribution in [1.82, 2.24) is 5.32 Å². The SMILES string of the molecule is O=C(NCCCI)c1ccc(Br)cc1F. The Balaban J connectivity index is 2.65. The van der Waals surface area contributed by atoms with Crippen LogP contribution in [0.25, 0.3) is 0 Å². The molecule has 1 aromatic rings. The topological polar surface area (TPSA) is 29.1 Å². The molecule has 0 radical (unpaired) electrons. The predicted molar refractivity (Wildman–Crippen MR) is 69.9 cm³/mol. The lowest BCUT2D eigenvalue weighted by molar-refractivity contribution is 0.0950. The fourth-order valence-electron chi connectivity index (χ4n) is 1.04. The van der Waals surface area contributed by atoms with Gasteiger partial charge in [-0.2, -0.15) is 0 Å². The molecule has 1 N–H and O–H groups in total. The maximum Gasteiger partial charge on any atom is 0.254 e. The first-order valence-electron chi connectivity index (χ1n) is 4.44. The molecule has 0 unspecified atom stereocenters. The molecule has 0 heterocycles. The summed E-state index contributed by atoms with van der Waals surface area (Å²) in [5, 5.41) is 2.66. The van der Waals surface area contributed by atoms with Crippen LogP contribution in [0.2, 0.25) is 0 Å². The number of halogens is 3. The maximum absolute atomic E-state index is 13.3. The number of hydrogen-bond donors (Lipinski definition) is 1. The summed E-state index contributed by atoms with van der Waals surface area (Å²) in [5.41, 5.74) is 0.0895. The van der Waals surface area contributed by atoms with Gasteiger partial charge in [0.15, 0.2) is 0 Å². The Morgan fingerprint density at radius 1 is 1.53 bits per heavy atom. The monoisotopic (exact) mass is 385 g/mol. The van der Waals surface area contributed by atoms with Crippen LogP contribution in [0.4, 0.5) is 4.39 Å². The fraction of sp³-hybridized carbons (Fsp3) is 0.300. The Labute approximate surface area is 110 Å². The Morgan fingerprint density at radius 3 is 2.87 bits per heavy atom. The summed E-state index contributed by atoms with van der Waals surface area (Å²) >= 11 is 5.36. The zero-order valence-electron chi connectivity index (χ0n) is 7.90. The molecule has 82 valence electrons. The smallest absolute Gasteiger partial charge is 0.254 e. The van der Waals surface area contributed by atoms with E-state index < -0.39 is 5.82 Å². The maximum atomic E-state index is 13.3. The number of nitrogens with one attached hydrogen (secondary N) is 1. The molecule has 0 spiro atoms. The molecule has 0 fully saturated rings. The first-order chi connectivity index (χ1) is 7.15. The van der Waals surface area contributed by atoms with Crippen molar-refractivity contribution >= 4 is 44.4 Å². The van der Waals surface area contributed by atoms with E-state index in [4.69, 9.17) is 0 Å². The van der Waals surface area contributed by atoms with E-state index in [0.717, 1.165) is 10.8 Å². The standard InChI is InChI=1S/C10H10BrFINO/c11-7-2-3-8(9(12)6-7)10(15)14-5-1-4-13/h2-3,6H,1,4-5H2,(H,14,15). The summed E-state index contributed by atoms with van der Waals surface area (Å²) in [7, 11) is 0. The van der Waals surface area contributed by atoms with Gasteiger partial charge in [-0.1, -0.05) is 38.5 Å². The normalized spacial score (nSPS) is 10.1. The summed E-state index contributed by atoms with van der Waals surface area (Å²) in [6.07, 6.45) is 0.893. The van der Waals surface area contributed by atoms with Gasteiger partial charge in [0.1, 0.15) is 5.82 Å². The van der Waals surface area contributed by atoms with E-state index in [1.165, 1.54) is 12.1 Å². The van der Waals surface area contributed by atoms with Gasteiger partial charge in [0, 0.05) is 15.4 Å². The van der Waals surface area contributed by atoms with Gasteiger partial charge in [0.05, 0.1) is 5.56 Å². The molecule has 0 aliphatic rings. The molecule has 2 nitrogen and oxygen atoms in total. The summed E-state index contributed by atoms with van der Waals surface area (Å²) in [6, 6.07) is 4.41. The Hall–Kier alpha value is -0.170. The highest BCUT2D eigenvalue weighted by Crippen LogP contribution is 2.15. The van der Waals surface area contributed by atoms with Crippen molar-refractivity contribution in [2.45, 2.75) is 6.42 Å². The van der Waals surface area contributed by atoms with Gasteiger partial charge >= 0.3 is 0 Å². The predicted octanol–water partition coefficient (Wildman–Crippen LogP) is 3.14. The van der Waals surface area contributed by atoms with Crippen LogP contribution in [-0.4, -0.2) is 16.9 Å². The minimum absolute atomic E-state index is 0.0895. The van der Waals surface area contributed by atoms with Gasteiger partial charge in [-0.05, 0) is 24.6 Å². The summed E-state index contributed by atoms with van der Waals surface area (Å²) in [6.45, 7) is 0.581. The molecule has 1 amide bonds. The minimum atomic E-state index is -0.503.